The molecule has 1 aliphatic heterocycles. The summed E-state index contributed by atoms with van der Waals surface area (Å²) in [5.74, 6) is 0.0184. The van der Waals surface area contributed by atoms with Crippen LogP contribution < -0.4 is 10.2 Å². The number of benzene rings is 2. The van der Waals surface area contributed by atoms with Crippen LogP contribution in [0.3, 0.4) is 0 Å². The lowest BCUT2D eigenvalue weighted by Crippen LogP contribution is -2.42. The maximum atomic E-state index is 12.6. The molecule has 4 nitrogen and oxygen atoms in total. The molecule has 0 spiro atoms. The molecule has 0 radical (unpaired) electrons. The minimum atomic E-state index is 0.0184. The predicted octanol–water partition coefficient (Wildman–Crippen LogP) is 2.37. The number of amides is 1. The lowest BCUT2D eigenvalue weighted by molar-refractivity contribution is 0.0993. The Bertz CT molecular complexity index is 633. The maximum Gasteiger partial charge on any atom is 0.258 e. The first-order valence-corrected chi connectivity index (χ1v) is 8.09. The first kappa shape index (κ1) is 15.7. The van der Waals surface area contributed by atoms with Gasteiger partial charge in [-0.05, 0) is 29.8 Å². The summed E-state index contributed by atoms with van der Waals surface area (Å²) in [5.41, 5.74) is 2.88. The molecule has 0 aromatic heterocycles. The average Bonchev–Trinajstić information content (AvgIpc) is 2.63. The van der Waals surface area contributed by atoms with E-state index in [9.17, 15) is 4.79 Å². The lowest BCUT2D eigenvalue weighted by Gasteiger charge is -2.27. The number of carbonyl (C=O) groups excluding carboxylic acids is 1. The molecule has 0 saturated carbocycles. The fourth-order valence-corrected chi connectivity index (χ4v) is 2.84. The van der Waals surface area contributed by atoms with Crippen LogP contribution in [-0.4, -0.2) is 44.0 Å². The summed E-state index contributed by atoms with van der Waals surface area (Å²) >= 11 is 0. The number of para-hydroxylation sites is 1. The van der Waals surface area contributed by atoms with Crippen molar-refractivity contribution in [1.82, 2.24) is 10.2 Å². The fraction of sp³-hybridized carbons (Fsp3) is 0.316. The highest BCUT2D eigenvalue weighted by Crippen LogP contribution is 2.16. The average molecular weight is 309 g/mol. The van der Waals surface area contributed by atoms with Crippen LogP contribution in [0.4, 0.5) is 5.69 Å². The van der Waals surface area contributed by atoms with Crippen molar-refractivity contribution in [2.24, 2.45) is 0 Å². The third kappa shape index (κ3) is 3.97. The summed E-state index contributed by atoms with van der Waals surface area (Å²) in [6.07, 6.45) is 0. The molecule has 4 heteroatoms. The van der Waals surface area contributed by atoms with Gasteiger partial charge in [0.05, 0.1) is 0 Å². The molecule has 0 aliphatic carbocycles. The number of carbonyl (C=O) groups is 1. The number of nitrogens with zero attached hydrogens (tertiary/aromatic N) is 2. The highest BCUT2D eigenvalue weighted by Gasteiger charge is 2.14. The van der Waals surface area contributed by atoms with E-state index >= 15 is 0 Å². The molecule has 23 heavy (non-hydrogen) atoms. The quantitative estimate of drug-likeness (QED) is 0.942. The second-order valence-electron chi connectivity index (χ2n) is 5.92. The molecule has 0 atom stereocenters. The summed E-state index contributed by atoms with van der Waals surface area (Å²) in [4.78, 5) is 16.7. The molecule has 0 bridgehead atoms. The van der Waals surface area contributed by atoms with Crippen molar-refractivity contribution in [2.45, 2.75) is 6.54 Å². The number of anilines is 1. The minimum Gasteiger partial charge on any atom is -0.314 e. The van der Waals surface area contributed by atoms with Crippen LogP contribution in [0.1, 0.15) is 15.9 Å². The molecule has 1 aliphatic rings. The van der Waals surface area contributed by atoms with Crippen LogP contribution >= 0.6 is 0 Å². The Morgan fingerprint density at radius 3 is 2.35 bits per heavy atom. The molecule has 1 fully saturated rings. The molecule has 120 valence electrons. The van der Waals surface area contributed by atoms with Crippen molar-refractivity contribution in [3.05, 3.63) is 65.7 Å². The Hall–Kier alpha value is -2.17. The Kier molecular flexibility index (Phi) is 5.05. The van der Waals surface area contributed by atoms with Crippen LogP contribution in [-0.2, 0) is 6.54 Å². The number of hydrogen-bond acceptors (Lipinski definition) is 3. The van der Waals surface area contributed by atoms with E-state index in [4.69, 9.17) is 0 Å². The van der Waals surface area contributed by atoms with Gasteiger partial charge >= 0.3 is 0 Å². The van der Waals surface area contributed by atoms with Crippen LogP contribution in [0.15, 0.2) is 54.6 Å². The molecule has 1 heterocycles. The van der Waals surface area contributed by atoms with E-state index in [-0.39, 0.29) is 5.91 Å². The molecule has 2 aromatic rings. The highest BCUT2D eigenvalue weighted by molar-refractivity contribution is 6.05. The van der Waals surface area contributed by atoms with E-state index in [2.05, 4.69) is 22.3 Å². The summed E-state index contributed by atoms with van der Waals surface area (Å²) in [7, 11) is 1.81. The van der Waals surface area contributed by atoms with E-state index in [0.717, 1.165) is 44.0 Å². The van der Waals surface area contributed by atoms with Gasteiger partial charge in [0.25, 0.3) is 5.91 Å². The fourth-order valence-electron chi connectivity index (χ4n) is 2.84. The van der Waals surface area contributed by atoms with Crippen molar-refractivity contribution < 1.29 is 4.79 Å². The van der Waals surface area contributed by atoms with Gasteiger partial charge in [-0.2, -0.15) is 0 Å². The van der Waals surface area contributed by atoms with Crippen molar-refractivity contribution in [2.75, 3.05) is 38.1 Å². The SMILES string of the molecule is CN(C(=O)c1ccc(CN2CCNCC2)cc1)c1ccccc1. The summed E-state index contributed by atoms with van der Waals surface area (Å²) < 4.78 is 0. The van der Waals surface area contributed by atoms with E-state index in [1.807, 2.05) is 49.5 Å². The highest BCUT2D eigenvalue weighted by atomic mass is 16.2. The van der Waals surface area contributed by atoms with E-state index in [1.54, 1.807) is 4.90 Å². The van der Waals surface area contributed by atoms with Crippen molar-refractivity contribution in [3.63, 3.8) is 0 Å². The largest absolute Gasteiger partial charge is 0.314 e. The van der Waals surface area contributed by atoms with Crippen LogP contribution in [0.25, 0.3) is 0 Å². The van der Waals surface area contributed by atoms with Crippen molar-refractivity contribution in [1.29, 1.82) is 0 Å². The predicted molar refractivity (Wildman–Crippen MR) is 93.8 cm³/mol. The van der Waals surface area contributed by atoms with Gasteiger partial charge in [0.1, 0.15) is 0 Å². The zero-order valence-electron chi connectivity index (χ0n) is 13.5. The first-order chi connectivity index (χ1) is 11.2. The first-order valence-electron chi connectivity index (χ1n) is 8.09. The third-order valence-electron chi connectivity index (χ3n) is 4.26. The van der Waals surface area contributed by atoms with E-state index in [0.29, 0.717) is 0 Å². The second kappa shape index (κ2) is 7.40. The molecule has 1 amide bonds. The number of piperazine rings is 1. The molecular formula is C19H23N3O. The number of hydrogen-bond donors (Lipinski definition) is 1. The van der Waals surface area contributed by atoms with Crippen LogP contribution in [0.5, 0.6) is 0 Å². The Balaban J connectivity index is 1.65. The zero-order valence-corrected chi connectivity index (χ0v) is 13.5. The Morgan fingerprint density at radius 1 is 1.04 bits per heavy atom. The van der Waals surface area contributed by atoms with E-state index < -0.39 is 0 Å². The van der Waals surface area contributed by atoms with Crippen molar-refractivity contribution >= 4 is 11.6 Å². The smallest absolute Gasteiger partial charge is 0.258 e. The van der Waals surface area contributed by atoms with Gasteiger partial charge in [0.15, 0.2) is 0 Å². The van der Waals surface area contributed by atoms with Gasteiger partial charge in [0.2, 0.25) is 0 Å². The second-order valence-corrected chi connectivity index (χ2v) is 5.92. The lowest BCUT2D eigenvalue weighted by atomic mass is 10.1. The van der Waals surface area contributed by atoms with Gasteiger partial charge in [0, 0.05) is 51.0 Å². The molecule has 2 aromatic carbocycles. The van der Waals surface area contributed by atoms with Crippen LogP contribution in [0, 0.1) is 0 Å². The molecular weight excluding hydrogens is 286 g/mol. The third-order valence-corrected chi connectivity index (χ3v) is 4.26. The molecule has 3 rings (SSSR count). The summed E-state index contributed by atoms with van der Waals surface area (Å²) in [6.45, 7) is 5.22. The minimum absolute atomic E-state index is 0.0184. The number of nitrogens with one attached hydrogen (secondary N) is 1. The van der Waals surface area contributed by atoms with Gasteiger partial charge in [-0.1, -0.05) is 30.3 Å². The van der Waals surface area contributed by atoms with Crippen molar-refractivity contribution in [3.8, 4) is 0 Å². The summed E-state index contributed by atoms with van der Waals surface area (Å²) in [5, 5.41) is 3.36. The monoisotopic (exact) mass is 309 g/mol. The topological polar surface area (TPSA) is 35.6 Å². The van der Waals surface area contributed by atoms with Gasteiger partial charge in [-0.3, -0.25) is 9.69 Å². The summed E-state index contributed by atoms with van der Waals surface area (Å²) in [6, 6.07) is 17.7. The van der Waals surface area contributed by atoms with E-state index in [1.165, 1.54) is 5.56 Å². The van der Waals surface area contributed by atoms with Crippen LogP contribution in [0.2, 0.25) is 0 Å². The zero-order chi connectivity index (χ0) is 16.1. The van der Waals surface area contributed by atoms with Gasteiger partial charge < -0.3 is 10.2 Å². The Morgan fingerprint density at radius 2 is 1.70 bits per heavy atom. The number of rotatable bonds is 4. The van der Waals surface area contributed by atoms with Gasteiger partial charge in [-0.15, -0.1) is 0 Å². The molecule has 1 N–H and O–H groups in total. The normalized spacial score (nSPS) is 15.3. The maximum absolute atomic E-state index is 12.6. The standard InChI is InChI=1S/C19H23N3O/c1-21(18-5-3-2-4-6-18)19(23)17-9-7-16(8-10-17)15-22-13-11-20-12-14-22/h2-10,20H,11-15H2,1H3. The Labute approximate surface area is 137 Å². The molecule has 0 unspecified atom stereocenters. The van der Waals surface area contributed by atoms with Gasteiger partial charge in [-0.25, -0.2) is 0 Å². The molecule has 1 saturated heterocycles.